The largest absolute Gasteiger partial charge is 0.496 e. The number of carbonyl (C=O) groups excluding carboxylic acids is 1. The van der Waals surface area contributed by atoms with Crippen molar-refractivity contribution in [3.05, 3.63) is 29.3 Å². The van der Waals surface area contributed by atoms with Gasteiger partial charge in [0.2, 0.25) is 5.91 Å². The van der Waals surface area contributed by atoms with Crippen molar-refractivity contribution in [3.8, 4) is 5.75 Å². The molecule has 0 bridgehead atoms. The fraction of sp³-hybridized carbons (Fsp3) is 0.500. The second-order valence-electron chi connectivity index (χ2n) is 5.56. The Bertz CT molecular complexity index is 553. The number of amides is 1. The fourth-order valence-electron chi connectivity index (χ4n) is 2.75. The Labute approximate surface area is 125 Å². The Kier molecular flexibility index (Phi) is 4.99. The van der Waals surface area contributed by atoms with Crippen LogP contribution in [0.15, 0.2) is 18.2 Å². The van der Waals surface area contributed by atoms with Gasteiger partial charge in [0.1, 0.15) is 5.75 Å². The molecule has 1 N–H and O–H groups in total. The molecule has 0 heterocycles. The average Bonchev–Trinajstić information content (AvgIpc) is 2.37. The maximum atomic E-state index is 12.0. The van der Waals surface area contributed by atoms with Crippen LogP contribution in [-0.2, 0) is 15.1 Å². The van der Waals surface area contributed by atoms with Crippen molar-refractivity contribution in [2.24, 2.45) is 0 Å². The zero-order valence-electron chi connectivity index (χ0n) is 13.4. The highest BCUT2D eigenvalue weighted by Crippen LogP contribution is 2.37. The molecular formula is C16H23NO4. The standard InChI is InChI=1S/C16H23NO4/c1-10(2)17(12(4)18)16(5,15(19)20)13-9-11(3)7-8-14(13)21-6/h7-10H,1-6H3,(H,19,20). The quantitative estimate of drug-likeness (QED) is 0.906. The third-order valence-electron chi connectivity index (χ3n) is 3.63. The lowest BCUT2D eigenvalue weighted by Crippen LogP contribution is -2.55. The minimum atomic E-state index is -1.49. The second kappa shape index (κ2) is 6.16. The Balaban J connectivity index is 3.65. The Hall–Kier alpha value is -2.04. The molecule has 0 aliphatic rings. The molecule has 1 amide bonds. The molecule has 0 saturated heterocycles. The molecule has 1 unspecified atom stereocenters. The second-order valence-corrected chi connectivity index (χ2v) is 5.56. The summed E-state index contributed by atoms with van der Waals surface area (Å²) < 4.78 is 5.31. The van der Waals surface area contributed by atoms with Gasteiger partial charge >= 0.3 is 5.97 Å². The van der Waals surface area contributed by atoms with Gasteiger partial charge in [-0.2, -0.15) is 0 Å². The predicted octanol–water partition coefficient (Wildman–Crippen LogP) is 2.56. The number of hydrogen-bond acceptors (Lipinski definition) is 3. The van der Waals surface area contributed by atoms with E-state index < -0.39 is 11.5 Å². The Morgan fingerprint density at radius 3 is 2.29 bits per heavy atom. The molecule has 1 aromatic rings. The SMILES string of the molecule is COc1ccc(C)cc1C(C)(C(=O)O)N(C(C)=O)C(C)C. The van der Waals surface area contributed by atoms with Crippen LogP contribution in [0.1, 0.15) is 38.8 Å². The molecule has 5 heteroatoms. The number of rotatable bonds is 5. The van der Waals surface area contributed by atoms with Gasteiger partial charge in [0.15, 0.2) is 5.54 Å². The van der Waals surface area contributed by atoms with Crippen LogP contribution in [0.2, 0.25) is 0 Å². The molecule has 0 saturated carbocycles. The highest BCUT2D eigenvalue weighted by atomic mass is 16.5. The van der Waals surface area contributed by atoms with E-state index in [4.69, 9.17) is 4.74 Å². The van der Waals surface area contributed by atoms with Crippen molar-refractivity contribution in [3.63, 3.8) is 0 Å². The number of benzene rings is 1. The number of aryl methyl sites for hydroxylation is 1. The maximum absolute atomic E-state index is 12.0. The van der Waals surface area contributed by atoms with Crippen LogP contribution in [-0.4, -0.2) is 35.0 Å². The normalized spacial score (nSPS) is 13.7. The zero-order chi connectivity index (χ0) is 16.4. The van der Waals surface area contributed by atoms with Crippen molar-refractivity contribution in [2.75, 3.05) is 7.11 Å². The molecule has 5 nitrogen and oxygen atoms in total. The molecular weight excluding hydrogens is 270 g/mol. The van der Waals surface area contributed by atoms with Crippen LogP contribution in [0.25, 0.3) is 0 Å². The van der Waals surface area contributed by atoms with Gasteiger partial charge in [0.25, 0.3) is 0 Å². The molecule has 0 spiro atoms. The lowest BCUT2D eigenvalue weighted by molar-refractivity contribution is -0.160. The van der Waals surface area contributed by atoms with Gasteiger partial charge in [-0.05, 0) is 39.8 Å². The number of carboxylic acids is 1. The van der Waals surface area contributed by atoms with E-state index in [0.29, 0.717) is 11.3 Å². The summed E-state index contributed by atoms with van der Waals surface area (Å²) in [4.78, 5) is 25.4. The molecule has 116 valence electrons. The molecule has 0 aliphatic carbocycles. The minimum Gasteiger partial charge on any atom is -0.496 e. The van der Waals surface area contributed by atoms with Gasteiger partial charge < -0.3 is 14.7 Å². The summed E-state index contributed by atoms with van der Waals surface area (Å²) in [5, 5.41) is 9.82. The molecule has 0 aliphatic heterocycles. The summed E-state index contributed by atoms with van der Waals surface area (Å²) >= 11 is 0. The van der Waals surface area contributed by atoms with E-state index in [2.05, 4.69) is 0 Å². The minimum absolute atomic E-state index is 0.256. The first-order valence-electron chi connectivity index (χ1n) is 6.84. The summed E-state index contributed by atoms with van der Waals surface area (Å²) in [6.07, 6.45) is 0. The lowest BCUT2D eigenvalue weighted by atomic mass is 9.87. The fourth-order valence-corrected chi connectivity index (χ4v) is 2.75. The number of carbonyl (C=O) groups is 2. The smallest absolute Gasteiger partial charge is 0.334 e. The Morgan fingerprint density at radius 2 is 1.90 bits per heavy atom. The van der Waals surface area contributed by atoms with E-state index in [1.54, 1.807) is 26.0 Å². The van der Waals surface area contributed by atoms with Gasteiger partial charge in [0.05, 0.1) is 7.11 Å². The third-order valence-corrected chi connectivity index (χ3v) is 3.63. The first kappa shape index (κ1) is 17.0. The van der Waals surface area contributed by atoms with Crippen molar-refractivity contribution in [1.82, 2.24) is 4.90 Å². The molecule has 1 atom stereocenters. The first-order chi connectivity index (χ1) is 9.66. The topological polar surface area (TPSA) is 66.8 Å². The third kappa shape index (κ3) is 3.01. The van der Waals surface area contributed by atoms with Gasteiger partial charge in [-0.1, -0.05) is 11.6 Å². The zero-order valence-corrected chi connectivity index (χ0v) is 13.4. The van der Waals surface area contributed by atoms with Gasteiger partial charge in [-0.25, -0.2) is 4.79 Å². The summed E-state index contributed by atoms with van der Waals surface area (Å²) in [6, 6.07) is 5.07. The van der Waals surface area contributed by atoms with E-state index in [9.17, 15) is 14.7 Å². The van der Waals surface area contributed by atoms with Crippen molar-refractivity contribution in [1.29, 1.82) is 0 Å². The average molecular weight is 293 g/mol. The van der Waals surface area contributed by atoms with Crippen LogP contribution < -0.4 is 4.74 Å². The molecule has 21 heavy (non-hydrogen) atoms. The first-order valence-corrected chi connectivity index (χ1v) is 6.84. The molecule has 1 aromatic carbocycles. The van der Waals surface area contributed by atoms with E-state index in [0.717, 1.165) is 5.56 Å². The van der Waals surface area contributed by atoms with Crippen LogP contribution in [0.4, 0.5) is 0 Å². The van der Waals surface area contributed by atoms with E-state index in [1.165, 1.54) is 25.9 Å². The highest BCUT2D eigenvalue weighted by Gasteiger charge is 2.46. The molecule has 0 radical (unpaired) electrons. The van der Waals surface area contributed by atoms with E-state index in [-0.39, 0.29) is 11.9 Å². The van der Waals surface area contributed by atoms with Crippen LogP contribution in [0.3, 0.4) is 0 Å². The Morgan fingerprint density at radius 1 is 1.33 bits per heavy atom. The molecule has 0 aromatic heterocycles. The summed E-state index contributed by atoms with van der Waals surface area (Å²) in [5.74, 6) is -0.925. The highest BCUT2D eigenvalue weighted by molar-refractivity contribution is 5.88. The number of nitrogens with zero attached hydrogens (tertiary/aromatic N) is 1. The number of aliphatic carboxylic acids is 1. The van der Waals surface area contributed by atoms with Gasteiger partial charge in [-0.15, -0.1) is 0 Å². The molecule has 0 fully saturated rings. The number of methoxy groups -OCH3 is 1. The summed E-state index contributed by atoms with van der Waals surface area (Å²) in [7, 11) is 1.49. The van der Waals surface area contributed by atoms with Gasteiger partial charge in [-0.3, -0.25) is 4.79 Å². The number of carboxylic acid groups (broad SMARTS) is 1. The van der Waals surface area contributed by atoms with E-state index >= 15 is 0 Å². The lowest BCUT2D eigenvalue weighted by Gasteiger charge is -2.41. The van der Waals surface area contributed by atoms with Crippen LogP contribution in [0, 0.1) is 6.92 Å². The summed E-state index contributed by atoms with van der Waals surface area (Å²) in [5.41, 5.74) is -0.107. The van der Waals surface area contributed by atoms with Crippen LogP contribution in [0.5, 0.6) is 5.75 Å². The molecule has 1 rings (SSSR count). The summed E-state index contributed by atoms with van der Waals surface area (Å²) in [6.45, 7) is 8.38. The monoisotopic (exact) mass is 293 g/mol. The van der Waals surface area contributed by atoms with Crippen molar-refractivity contribution >= 4 is 11.9 Å². The van der Waals surface area contributed by atoms with E-state index in [1.807, 2.05) is 13.0 Å². The predicted molar refractivity (Wildman–Crippen MR) is 80.4 cm³/mol. The number of ether oxygens (including phenoxy) is 1. The van der Waals surface area contributed by atoms with Crippen LogP contribution >= 0.6 is 0 Å². The number of hydrogen-bond donors (Lipinski definition) is 1. The van der Waals surface area contributed by atoms with Crippen molar-refractivity contribution in [2.45, 2.75) is 46.2 Å². The maximum Gasteiger partial charge on any atom is 0.334 e. The van der Waals surface area contributed by atoms with Gasteiger partial charge in [0, 0.05) is 18.5 Å². The van der Waals surface area contributed by atoms with Crippen molar-refractivity contribution < 1.29 is 19.4 Å².